The summed E-state index contributed by atoms with van der Waals surface area (Å²) in [5.74, 6) is 0.283. The van der Waals surface area contributed by atoms with E-state index in [2.05, 4.69) is 17.9 Å². The minimum atomic E-state index is -0.250. The van der Waals surface area contributed by atoms with Crippen molar-refractivity contribution in [3.8, 4) is 0 Å². The van der Waals surface area contributed by atoms with Crippen molar-refractivity contribution >= 4 is 42.1 Å². The molecule has 1 aliphatic heterocycles. The average Bonchev–Trinajstić information content (AvgIpc) is 2.82. The van der Waals surface area contributed by atoms with Gasteiger partial charge in [-0.25, -0.2) is 0 Å². The summed E-state index contributed by atoms with van der Waals surface area (Å²) in [4.78, 5) is 36.0. The van der Waals surface area contributed by atoms with Gasteiger partial charge in [0.2, 0.25) is 17.7 Å². The second-order valence-electron chi connectivity index (χ2n) is 4.86. The molecule has 1 unspecified atom stereocenters. The number of nitrogens with zero attached hydrogens (tertiary/aromatic N) is 1. The number of carbonyl (C=O) groups excluding carboxylic acids is 3. The summed E-state index contributed by atoms with van der Waals surface area (Å²) in [5, 5.41) is 2.44. The number of ether oxygens (including phenoxy) is 2. The van der Waals surface area contributed by atoms with Gasteiger partial charge in [-0.15, -0.1) is 0 Å². The molecule has 1 heterocycles. The smallest absolute Gasteiger partial charge is 0.242 e. The fourth-order valence-electron chi connectivity index (χ4n) is 2.00. The number of rotatable bonds is 12. The lowest BCUT2D eigenvalue weighted by Crippen LogP contribution is -2.34. The zero-order valence-corrected chi connectivity index (χ0v) is 15.0. The minimum Gasteiger partial charge on any atom is -0.379 e. The lowest BCUT2D eigenvalue weighted by molar-refractivity contribution is -0.139. The maximum atomic E-state index is 11.9. The molecular formula is C14H24N2O5S2. The summed E-state index contributed by atoms with van der Waals surface area (Å²) >= 11 is 5.39. The van der Waals surface area contributed by atoms with E-state index in [4.69, 9.17) is 9.47 Å². The van der Waals surface area contributed by atoms with E-state index >= 15 is 0 Å². The fraction of sp³-hybridized carbons (Fsp3) is 0.786. The van der Waals surface area contributed by atoms with Gasteiger partial charge in [-0.3, -0.25) is 19.3 Å². The predicted molar refractivity (Wildman–Crippen MR) is 91.8 cm³/mol. The van der Waals surface area contributed by atoms with Gasteiger partial charge in [0.05, 0.1) is 38.2 Å². The first kappa shape index (κ1) is 20.3. The molecule has 0 saturated carbocycles. The second kappa shape index (κ2) is 11.7. The molecule has 9 heteroatoms. The fourth-order valence-corrected chi connectivity index (χ4v) is 2.75. The summed E-state index contributed by atoms with van der Waals surface area (Å²) in [6.07, 6.45) is 2.41. The molecular weight excluding hydrogens is 340 g/mol. The first-order chi connectivity index (χ1) is 11.1. The molecule has 0 bridgehead atoms. The number of nitrogens with one attached hydrogen (secondary N) is 1. The molecule has 3 amide bonds. The summed E-state index contributed by atoms with van der Waals surface area (Å²) in [6, 6.07) is 0. The second-order valence-corrected chi connectivity index (χ2v) is 6.35. The van der Waals surface area contributed by atoms with Crippen molar-refractivity contribution in [1.29, 1.82) is 0 Å². The molecule has 0 aromatic heterocycles. The van der Waals surface area contributed by atoms with Crippen molar-refractivity contribution in [2.24, 2.45) is 0 Å². The standard InChI is InChI=1S/C14H24N2O5S2/c1-23-11-10-13(18)16(14(11)19)4-6-21-8-7-20-5-2-12(17)15-3-9-22/h11,22H,2-10H2,1H3,(H,15,17). The molecule has 0 spiro atoms. The summed E-state index contributed by atoms with van der Waals surface area (Å²) in [7, 11) is 0. The number of hydrogen-bond acceptors (Lipinski definition) is 7. The zero-order valence-electron chi connectivity index (χ0n) is 13.3. The molecule has 1 fully saturated rings. The van der Waals surface area contributed by atoms with Gasteiger partial charge in [0.1, 0.15) is 0 Å². The van der Waals surface area contributed by atoms with Crippen LogP contribution in [0.1, 0.15) is 12.8 Å². The lowest BCUT2D eigenvalue weighted by atomic mass is 10.4. The molecule has 1 atom stereocenters. The molecule has 1 N–H and O–H groups in total. The molecule has 1 rings (SSSR count). The minimum absolute atomic E-state index is 0.0608. The summed E-state index contributed by atoms with van der Waals surface area (Å²) in [5.41, 5.74) is 0. The van der Waals surface area contributed by atoms with E-state index in [-0.39, 0.29) is 35.9 Å². The third kappa shape index (κ3) is 7.56. The Morgan fingerprint density at radius 1 is 1.30 bits per heavy atom. The number of carbonyl (C=O) groups is 3. The normalized spacial score (nSPS) is 17.8. The number of amides is 3. The van der Waals surface area contributed by atoms with Crippen molar-refractivity contribution in [3.05, 3.63) is 0 Å². The zero-order chi connectivity index (χ0) is 17.1. The van der Waals surface area contributed by atoms with Gasteiger partial charge in [0.25, 0.3) is 0 Å². The van der Waals surface area contributed by atoms with Crippen LogP contribution in [-0.2, 0) is 23.9 Å². The van der Waals surface area contributed by atoms with Crippen LogP contribution in [0.25, 0.3) is 0 Å². The Hall–Kier alpha value is -0.770. The molecule has 23 heavy (non-hydrogen) atoms. The molecule has 0 aromatic carbocycles. The van der Waals surface area contributed by atoms with Crippen LogP contribution in [0.15, 0.2) is 0 Å². The highest BCUT2D eigenvalue weighted by Gasteiger charge is 2.37. The molecule has 1 aliphatic rings. The highest BCUT2D eigenvalue weighted by atomic mass is 32.2. The highest BCUT2D eigenvalue weighted by molar-refractivity contribution is 8.00. The Morgan fingerprint density at radius 3 is 2.61 bits per heavy atom. The van der Waals surface area contributed by atoms with Gasteiger partial charge >= 0.3 is 0 Å². The quantitative estimate of drug-likeness (QED) is 0.287. The van der Waals surface area contributed by atoms with Crippen LogP contribution in [0.3, 0.4) is 0 Å². The van der Waals surface area contributed by atoms with E-state index in [0.717, 1.165) is 0 Å². The first-order valence-electron chi connectivity index (χ1n) is 7.50. The number of imide groups is 1. The van der Waals surface area contributed by atoms with Crippen molar-refractivity contribution in [2.45, 2.75) is 18.1 Å². The molecule has 0 radical (unpaired) electrons. The van der Waals surface area contributed by atoms with Crippen LogP contribution in [0.5, 0.6) is 0 Å². The Morgan fingerprint density at radius 2 is 2.00 bits per heavy atom. The molecule has 0 aromatic rings. The maximum Gasteiger partial charge on any atom is 0.242 e. The topological polar surface area (TPSA) is 84.9 Å². The third-order valence-corrected chi connectivity index (χ3v) is 4.39. The first-order valence-corrected chi connectivity index (χ1v) is 9.42. The van der Waals surface area contributed by atoms with E-state index in [0.29, 0.717) is 45.1 Å². The van der Waals surface area contributed by atoms with E-state index in [1.165, 1.54) is 16.7 Å². The number of hydrogen-bond donors (Lipinski definition) is 2. The van der Waals surface area contributed by atoms with Gasteiger partial charge in [0, 0.05) is 25.1 Å². The summed E-state index contributed by atoms with van der Waals surface area (Å²) < 4.78 is 10.6. The number of thioether (sulfide) groups is 1. The molecule has 7 nitrogen and oxygen atoms in total. The monoisotopic (exact) mass is 364 g/mol. The van der Waals surface area contributed by atoms with Crippen molar-refractivity contribution in [1.82, 2.24) is 10.2 Å². The molecule has 1 saturated heterocycles. The maximum absolute atomic E-state index is 11.9. The Kier molecular flexibility index (Phi) is 10.3. The Balaban J connectivity index is 1.99. The van der Waals surface area contributed by atoms with Gasteiger partial charge < -0.3 is 14.8 Å². The Labute approximate surface area is 146 Å². The van der Waals surface area contributed by atoms with Gasteiger partial charge in [0.15, 0.2) is 0 Å². The molecule has 0 aliphatic carbocycles. The third-order valence-electron chi connectivity index (χ3n) is 3.23. The lowest BCUT2D eigenvalue weighted by Gasteiger charge is -2.14. The predicted octanol–water partition coefficient (Wildman–Crippen LogP) is -0.0538. The van der Waals surface area contributed by atoms with Crippen molar-refractivity contribution < 1.29 is 23.9 Å². The number of likely N-dealkylation sites (tertiary alicyclic amines) is 1. The van der Waals surface area contributed by atoms with E-state index in [1.54, 1.807) is 0 Å². The van der Waals surface area contributed by atoms with Crippen molar-refractivity contribution in [3.63, 3.8) is 0 Å². The van der Waals surface area contributed by atoms with E-state index < -0.39 is 0 Å². The largest absolute Gasteiger partial charge is 0.379 e. The van der Waals surface area contributed by atoms with Crippen molar-refractivity contribution in [2.75, 3.05) is 51.5 Å². The van der Waals surface area contributed by atoms with Gasteiger partial charge in [-0.05, 0) is 6.26 Å². The van der Waals surface area contributed by atoms with Crippen LogP contribution in [0, 0.1) is 0 Å². The average molecular weight is 364 g/mol. The molecule has 132 valence electrons. The van der Waals surface area contributed by atoms with Crippen LogP contribution in [0.4, 0.5) is 0 Å². The summed E-state index contributed by atoms with van der Waals surface area (Å²) in [6.45, 7) is 2.19. The van der Waals surface area contributed by atoms with Gasteiger partial charge in [-0.2, -0.15) is 24.4 Å². The van der Waals surface area contributed by atoms with Crippen LogP contribution in [-0.4, -0.2) is 79.4 Å². The van der Waals surface area contributed by atoms with Crippen LogP contribution >= 0.6 is 24.4 Å². The van der Waals surface area contributed by atoms with Gasteiger partial charge in [-0.1, -0.05) is 0 Å². The van der Waals surface area contributed by atoms with E-state index in [1.807, 2.05) is 6.26 Å². The van der Waals surface area contributed by atoms with E-state index in [9.17, 15) is 14.4 Å². The highest BCUT2D eigenvalue weighted by Crippen LogP contribution is 2.22. The number of thiol groups is 1. The SMILES string of the molecule is CSC1CC(=O)N(CCOCCOCCC(=O)NCCS)C1=O. The van der Waals surface area contributed by atoms with Crippen LogP contribution in [0.2, 0.25) is 0 Å². The Bertz CT molecular complexity index is 409. The van der Waals surface area contributed by atoms with Crippen LogP contribution < -0.4 is 5.32 Å².